The van der Waals surface area contributed by atoms with Crippen molar-refractivity contribution in [2.24, 2.45) is 11.5 Å². The Balaban J connectivity index is 0. The van der Waals surface area contributed by atoms with Crippen molar-refractivity contribution in [3.05, 3.63) is 0 Å². The third-order valence-corrected chi connectivity index (χ3v) is 0.246. The van der Waals surface area contributed by atoms with Crippen LogP contribution in [0.1, 0.15) is 0 Å². The minimum absolute atomic E-state index is 0.937. The van der Waals surface area contributed by atoms with Crippen LogP contribution in [0.5, 0.6) is 0 Å². The summed E-state index contributed by atoms with van der Waals surface area (Å²) in [5.41, 5.74) is 8.88. The molecule has 0 aliphatic carbocycles. The van der Waals surface area contributed by atoms with Gasteiger partial charge in [0.1, 0.15) is 0 Å². The summed E-state index contributed by atoms with van der Waals surface area (Å²) in [6, 6.07) is -1.88. The number of carbonyl (C=O) groups is 2. The van der Waals surface area contributed by atoms with Gasteiger partial charge in [-0.25, -0.2) is 9.59 Å². The maximum atomic E-state index is 9.62. The first-order valence-corrected chi connectivity index (χ1v) is 2.97. The summed E-state index contributed by atoms with van der Waals surface area (Å²) >= 11 is 0. The lowest BCUT2D eigenvalue weighted by Gasteiger charge is -1.88. The summed E-state index contributed by atoms with van der Waals surface area (Å²) in [6.07, 6.45) is 0. The summed E-state index contributed by atoms with van der Waals surface area (Å²) in [6.45, 7) is 0. The first-order valence-electron chi connectivity index (χ1n) is 1.98. The largest absolute Gasteiger partial charge is 0.351 e. The third-order valence-electron chi connectivity index (χ3n) is 0.246. The van der Waals surface area contributed by atoms with Crippen molar-refractivity contribution in [1.82, 2.24) is 5.32 Å². The lowest BCUT2D eigenvalue weighted by molar-refractivity contribution is 0.236. The molecular weight excluding hydrogens is 161 g/mol. The fourth-order valence-corrected chi connectivity index (χ4v) is 0.121. The molecule has 0 heterocycles. The molecule has 0 fully saturated rings. The van der Waals surface area contributed by atoms with Crippen LogP contribution in [-0.4, -0.2) is 17.0 Å². The molecule has 0 rings (SSSR count). The number of imide groups is 1. The van der Waals surface area contributed by atoms with Gasteiger partial charge < -0.3 is 16.4 Å². The molecule has 0 saturated carbocycles. The number of nitrogens with one attached hydrogen (secondary N) is 1. The van der Waals surface area contributed by atoms with E-state index in [0.29, 0.717) is 0 Å². The van der Waals surface area contributed by atoms with Gasteiger partial charge in [0.05, 0.1) is 0 Å². The summed E-state index contributed by atoms with van der Waals surface area (Å²) in [4.78, 5) is 26.3. The molecule has 0 saturated heterocycles. The van der Waals surface area contributed by atoms with E-state index < -0.39 is 20.7 Å². The Morgan fingerprint density at radius 2 is 1.50 bits per heavy atom. The second-order valence-electron chi connectivity index (χ2n) is 0.959. The molecule has 0 aromatic heterocycles. The van der Waals surface area contributed by atoms with E-state index in [1.807, 2.05) is 0 Å². The average molecular weight is 169 g/mol. The van der Waals surface area contributed by atoms with Crippen molar-refractivity contribution < 1.29 is 19.0 Å². The highest BCUT2D eigenvalue weighted by Crippen LogP contribution is 1.66. The van der Waals surface area contributed by atoms with Crippen LogP contribution in [0.2, 0.25) is 0 Å². The number of carbonyl (C=O) groups excluding carboxylic acids is 2. The van der Waals surface area contributed by atoms with Crippen LogP contribution in [0.25, 0.3) is 0 Å². The summed E-state index contributed by atoms with van der Waals surface area (Å²) in [7, 11) is -1.50. The number of hydrogen-bond donors (Lipinski definition) is 4. The maximum absolute atomic E-state index is 9.62. The van der Waals surface area contributed by atoms with Gasteiger partial charge in [0.15, 0.2) is 8.69 Å². The smallest absolute Gasteiger partial charge is 0.320 e. The monoisotopic (exact) mass is 169 g/mol. The molecular formula is C2H8N3O4P. The van der Waals surface area contributed by atoms with Crippen LogP contribution >= 0.6 is 8.69 Å². The fraction of sp³-hybridized carbons (Fsp3) is 0. The van der Waals surface area contributed by atoms with E-state index in [-0.39, 0.29) is 0 Å². The second kappa shape index (κ2) is 7.93. The van der Waals surface area contributed by atoms with E-state index >= 15 is 0 Å². The van der Waals surface area contributed by atoms with Crippen LogP contribution in [0.4, 0.5) is 9.59 Å². The second-order valence-corrected chi connectivity index (χ2v) is 1.17. The van der Waals surface area contributed by atoms with Gasteiger partial charge in [0.2, 0.25) is 0 Å². The molecule has 10 heavy (non-hydrogen) atoms. The van der Waals surface area contributed by atoms with Crippen molar-refractivity contribution >= 4 is 20.7 Å². The molecule has 6 N–H and O–H groups in total. The molecule has 0 radical (unpaired) electrons. The van der Waals surface area contributed by atoms with Crippen LogP contribution < -0.4 is 16.8 Å². The van der Waals surface area contributed by atoms with Crippen LogP contribution in [0.15, 0.2) is 0 Å². The Labute approximate surface area is 57.7 Å². The van der Waals surface area contributed by atoms with Gasteiger partial charge in [-0.05, 0) is 0 Å². The molecule has 0 bridgehead atoms. The Morgan fingerprint density at radius 1 is 1.30 bits per heavy atom. The van der Waals surface area contributed by atoms with Gasteiger partial charge in [-0.1, -0.05) is 0 Å². The topological polar surface area (TPSA) is 136 Å². The molecule has 4 amide bonds. The highest BCUT2D eigenvalue weighted by molar-refractivity contribution is 7.16. The molecule has 8 heteroatoms. The van der Waals surface area contributed by atoms with E-state index in [1.54, 1.807) is 5.32 Å². The normalized spacial score (nSPS) is 8.10. The molecule has 7 nitrogen and oxygen atoms in total. The highest BCUT2D eigenvalue weighted by Gasteiger charge is 1.92. The predicted octanol–water partition coefficient (Wildman–Crippen LogP) is -1.62. The Hall–Kier alpha value is -1.07. The Kier molecular flexibility index (Phi) is 9.27. The Morgan fingerprint density at radius 3 is 1.50 bits per heavy atom. The molecule has 0 spiro atoms. The SMILES string of the molecule is NC(=O)NC(N)=O.O=[PH2]O. The zero-order chi connectivity index (χ0) is 8.57. The lowest BCUT2D eigenvalue weighted by atomic mass is 10.9. The minimum atomic E-state index is -1.50. The highest BCUT2D eigenvalue weighted by atomic mass is 31.1. The van der Waals surface area contributed by atoms with Crippen molar-refractivity contribution in [2.75, 3.05) is 0 Å². The number of urea groups is 2. The fourth-order valence-electron chi connectivity index (χ4n) is 0.121. The van der Waals surface area contributed by atoms with Crippen molar-refractivity contribution in [3.8, 4) is 0 Å². The van der Waals surface area contributed by atoms with Crippen LogP contribution in [0.3, 0.4) is 0 Å². The van der Waals surface area contributed by atoms with Gasteiger partial charge in [-0.3, -0.25) is 9.88 Å². The van der Waals surface area contributed by atoms with Crippen LogP contribution in [-0.2, 0) is 4.57 Å². The van der Waals surface area contributed by atoms with E-state index in [4.69, 9.17) is 9.46 Å². The number of rotatable bonds is 0. The number of amides is 4. The molecule has 0 aromatic carbocycles. The molecule has 0 aliphatic heterocycles. The Bertz CT molecular complexity index is 124. The molecule has 60 valence electrons. The minimum Gasteiger partial charge on any atom is -0.351 e. The molecule has 1 atom stereocenters. The molecule has 1 unspecified atom stereocenters. The number of primary amides is 2. The van der Waals surface area contributed by atoms with Gasteiger partial charge in [0, 0.05) is 0 Å². The standard InChI is InChI=1S/C2H5N3O2.H3O2P/c3-1(6)5-2(4)7;1-3-2/h(H5,3,4,5,6,7);3H2,(H,1,2). The van der Waals surface area contributed by atoms with Gasteiger partial charge in [-0.15, -0.1) is 0 Å². The van der Waals surface area contributed by atoms with Gasteiger partial charge in [-0.2, -0.15) is 0 Å². The zero-order valence-electron chi connectivity index (χ0n) is 4.90. The quantitative estimate of drug-likeness (QED) is 0.324. The van der Waals surface area contributed by atoms with Crippen molar-refractivity contribution in [1.29, 1.82) is 0 Å². The summed E-state index contributed by atoms with van der Waals surface area (Å²) < 4.78 is 8.57. The van der Waals surface area contributed by atoms with Gasteiger partial charge in [0.25, 0.3) is 0 Å². The number of nitrogens with two attached hydrogens (primary N) is 2. The average Bonchev–Trinajstić information content (AvgIpc) is 1.62. The summed E-state index contributed by atoms with van der Waals surface area (Å²) in [5, 5.41) is 1.58. The maximum Gasteiger partial charge on any atom is 0.320 e. The molecule has 0 aliphatic rings. The first-order chi connectivity index (χ1) is 4.54. The van der Waals surface area contributed by atoms with Crippen molar-refractivity contribution in [2.45, 2.75) is 0 Å². The lowest BCUT2D eigenvalue weighted by Crippen LogP contribution is -2.38. The van der Waals surface area contributed by atoms with E-state index in [9.17, 15) is 9.59 Å². The zero-order valence-corrected chi connectivity index (χ0v) is 6.06. The van der Waals surface area contributed by atoms with Crippen molar-refractivity contribution in [3.63, 3.8) is 0 Å². The van der Waals surface area contributed by atoms with Gasteiger partial charge >= 0.3 is 12.1 Å². The van der Waals surface area contributed by atoms with Crippen LogP contribution in [0, 0.1) is 0 Å². The molecule has 0 aromatic rings. The van der Waals surface area contributed by atoms with E-state index in [2.05, 4.69) is 11.5 Å². The predicted molar refractivity (Wildman–Crippen MR) is 34.9 cm³/mol. The van der Waals surface area contributed by atoms with E-state index in [0.717, 1.165) is 0 Å². The summed E-state index contributed by atoms with van der Waals surface area (Å²) in [5.74, 6) is 0. The first kappa shape index (κ1) is 11.7. The van der Waals surface area contributed by atoms with E-state index in [1.165, 1.54) is 0 Å². The third kappa shape index (κ3) is 28.4. The number of hydrogen-bond acceptors (Lipinski definition) is 3.